The minimum atomic E-state index is -0.371. The van der Waals surface area contributed by atoms with Crippen molar-refractivity contribution in [3.63, 3.8) is 0 Å². The van der Waals surface area contributed by atoms with Crippen LogP contribution in [0.15, 0.2) is 30.5 Å². The molecule has 0 amide bonds. The second-order valence-corrected chi connectivity index (χ2v) is 4.48. The van der Waals surface area contributed by atoms with Crippen LogP contribution < -0.4 is 0 Å². The Morgan fingerprint density at radius 1 is 1.22 bits per heavy atom. The normalized spacial score (nSPS) is 16.3. The van der Waals surface area contributed by atoms with E-state index in [0.29, 0.717) is 25.5 Å². The number of halogens is 1. The third kappa shape index (κ3) is 2.53. The average Bonchev–Trinajstić information content (AvgIpc) is 3.02. The smallest absolute Gasteiger partial charge is 0.204 e. The van der Waals surface area contributed by atoms with Crippen molar-refractivity contribution in [3.05, 3.63) is 46.7 Å². The molecule has 2 aromatic rings. The van der Waals surface area contributed by atoms with Crippen LogP contribution in [0.1, 0.15) is 17.5 Å². The molecular formula is C12H12ClN3O2. The Kier molecular flexibility index (Phi) is 3.27. The zero-order valence-electron chi connectivity index (χ0n) is 9.62. The molecule has 6 heteroatoms. The summed E-state index contributed by atoms with van der Waals surface area (Å²) in [5.41, 5.74) is 1.82. The largest absolute Gasteiger partial charge is 0.345 e. The quantitative estimate of drug-likeness (QED) is 0.852. The molecule has 0 bridgehead atoms. The van der Waals surface area contributed by atoms with Gasteiger partial charge in [-0.05, 0) is 17.7 Å². The van der Waals surface area contributed by atoms with Crippen molar-refractivity contribution >= 4 is 11.6 Å². The van der Waals surface area contributed by atoms with E-state index in [2.05, 4.69) is 10.3 Å². The van der Waals surface area contributed by atoms with Gasteiger partial charge >= 0.3 is 0 Å². The second kappa shape index (κ2) is 5.06. The molecule has 0 aliphatic carbocycles. The highest BCUT2D eigenvalue weighted by molar-refractivity contribution is 6.30. The molecule has 0 N–H and O–H groups in total. The Hall–Kier alpha value is -1.43. The van der Waals surface area contributed by atoms with Crippen LogP contribution in [0.4, 0.5) is 0 Å². The van der Waals surface area contributed by atoms with Gasteiger partial charge in [-0.25, -0.2) is 4.68 Å². The van der Waals surface area contributed by atoms with E-state index in [1.54, 1.807) is 4.68 Å². The summed E-state index contributed by atoms with van der Waals surface area (Å²) in [6.07, 6.45) is 1.47. The third-order valence-electron chi connectivity index (χ3n) is 2.68. The first-order valence-corrected chi connectivity index (χ1v) is 6.07. The van der Waals surface area contributed by atoms with Gasteiger partial charge in [0.25, 0.3) is 0 Å². The zero-order valence-corrected chi connectivity index (χ0v) is 10.4. The SMILES string of the molecule is Clc1ccc(Cn2cc(C3OCCO3)nn2)cc1. The Balaban J connectivity index is 1.71. The fraction of sp³-hybridized carbons (Fsp3) is 0.333. The van der Waals surface area contributed by atoms with Crippen molar-refractivity contribution in [2.24, 2.45) is 0 Å². The van der Waals surface area contributed by atoms with E-state index in [1.165, 1.54) is 0 Å². The maximum absolute atomic E-state index is 5.84. The number of ether oxygens (including phenoxy) is 2. The minimum absolute atomic E-state index is 0.371. The highest BCUT2D eigenvalue weighted by Gasteiger charge is 2.21. The van der Waals surface area contributed by atoms with Gasteiger partial charge in [-0.3, -0.25) is 0 Å². The van der Waals surface area contributed by atoms with Crippen molar-refractivity contribution in [2.75, 3.05) is 13.2 Å². The minimum Gasteiger partial charge on any atom is -0.345 e. The lowest BCUT2D eigenvalue weighted by Crippen LogP contribution is -2.00. The van der Waals surface area contributed by atoms with Crippen LogP contribution in [0, 0.1) is 0 Å². The summed E-state index contributed by atoms with van der Waals surface area (Å²) >= 11 is 5.84. The van der Waals surface area contributed by atoms with Crippen LogP contribution in [0.5, 0.6) is 0 Å². The Labute approximate surface area is 109 Å². The van der Waals surface area contributed by atoms with Gasteiger partial charge in [0.2, 0.25) is 6.29 Å². The van der Waals surface area contributed by atoms with Gasteiger partial charge in [0.15, 0.2) is 0 Å². The molecule has 0 atom stereocenters. The molecule has 0 radical (unpaired) electrons. The number of rotatable bonds is 3. The lowest BCUT2D eigenvalue weighted by Gasteiger charge is -2.03. The van der Waals surface area contributed by atoms with E-state index in [0.717, 1.165) is 10.6 Å². The predicted octanol–water partition coefficient (Wildman–Crippen LogP) is 2.03. The van der Waals surface area contributed by atoms with E-state index < -0.39 is 0 Å². The maximum atomic E-state index is 5.84. The average molecular weight is 266 g/mol. The first-order chi connectivity index (χ1) is 8.81. The summed E-state index contributed by atoms with van der Waals surface area (Å²) in [7, 11) is 0. The topological polar surface area (TPSA) is 49.2 Å². The van der Waals surface area contributed by atoms with Crippen molar-refractivity contribution < 1.29 is 9.47 Å². The van der Waals surface area contributed by atoms with Crippen LogP contribution in [-0.4, -0.2) is 28.2 Å². The molecule has 2 heterocycles. The van der Waals surface area contributed by atoms with Gasteiger partial charge in [-0.15, -0.1) is 5.10 Å². The number of aromatic nitrogens is 3. The molecule has 1 aromatic carbocycles. The fourth-order valence-electron chi connectivity index (χ4n) is 1.80. The van der Waals surface area contributed by atoms with Crippen LogP contribution >= 0.6 is 11.6 Å². The molecule has 1 fully saturated rings. The molecule has 0 unspecified atom stereocenters. The third-order valence-corrected chi connectivity index (χ3v) is 2.93. The zero-order chi connectivity index (χ0) is 12.4. The number of hydrogen-bond donors (Lipinski definition) is 0. The maximum Gasteiger partial charge on any atom is 0.204 e. The molecule has 0 saturated carbocycles. The standard InChI is InChI=1S/C12H12ClN3O2/c13-10-3-1-9(2-4-10)7-16-8-11(14-15-16)12-17-5-6-18-12/h1-4,8,12H,5-7H2. The van der Waals surface area contributed by atoms with Crippen molar-refractivity contribution in [2.45, 2.75) is 12.8 Å². The van der Waals surface area contributed by atoms with Gasteiger partial charge in [0.05, 0.1) is 26.0 Å². The fourth-order valence-corrected chi connectivity index (χ4v) is 1.93. The lowest BCUT2D eigenvalue weighted by atomic mass is 10.2. The molecule has 18 heavy (non-hydrogen) atoms. The first-order valence-electron chi connectivity index (χ1n) is 5.69. The number of nitrogens with zero attached hydrogens (tertiary/aromatic N) is 3. The molecule has 1 aliphatic rings. The number of benzene rings is 1. The lowest BCUT2D eigenvalue weighted by molar-refractivity contribution is -0.0473. The van der Waals surface area contributed by atoms with E-state index in [4.69, 9.17) is 21.1 Å². The Morgan fingerprint density at radius 3 is 2.67 bits per heavy atom. The molecule has 94 valence electrons. The summed E-state index contributed by atoms with van der Waals surface area (Å²) in [5.74, 6) is 0. The Morgan fingerprint density at radius 2 is 1.94 bits per heavy atom. The van der Waals surface area contributed by atoms with E-state index in [-0.39, 0.29) is 6.29 Å². The Bertz CT molecular complexity index is 520. The van der Waals surface area contributed by atoms with Gasteiger partial charge in [-0.1, -0.05) is 28.9 Å². The summed E-state index contributed by atoms with van der Waals surface area (Å²) in [6, 6.07) is 7.65. The van der Waals surface area contributed by atoms with Gasteiger partial charge in [0, 0.05) is 5.02 Å². The number of hydrogen-bond acceptors (Lipinski definition) is 4. The van der Waals surface area contributed by atoms with Gasteiger partial charge in [0.1, 0.15) is 5.69 Å². The highest BCUT2D eigenvalue weighted by Crippen LogP contribution is 2.20. The predicted molar refractivity (Wildman–Crippen MR) is 65.2 cm³/mol. The summed E-state index contributed by atoms with van der Waals surface area (Å²) < 4.78 is 12.5. The highest BCUT2D eigenvalue weighted by atomic mass is 35.5. The molecule has 1 aliphatic heterocycles. The van der Waals surface area contributed by atoms with E-state index in [9.17, 15) is 0 Å². The van der Waals surface area contributed by atoms with E-state index >= 15 is 0 Å². The van der Waals surface area contributed by atoms with Crippen molar-refractivity contribution in [1.29, 1.82) is 0 Å². The van der Waals surface area contributed by atoms with Crippen molar-refractivity contribution in [3.8, 4) is 0 Å². The van der Waals surface area contributed by atoms with E-state index in [1.807, 2.05) is 30.5 Å². The van der Waals surface area contributed by atoms with Crippen LogP contribution in [0.2, 0.25) is 5.02 Å². The van der Waals surface area contributed by atoms with Gasteiger partial charge < -0.3 is 9.47 Å². The monoisotopic (exact) mass is 265 g/mol. The molecule has 5 nitrogen and oxygen atoms in total. The molecule has 0 spiro atoms. The van der Waals surface area contributed by atoms with Crippen LogP contribution in [0.3, 0.4) is 0 Å². The second-order valence-electron chi connectivity index (χ2n) is 4.04. The molecule has 1 saturated heterocycles. The van der Waals surface area contributed by atoms with Crippen LogP contribution in [0.25, 0.3) is 0 Å². The molecular weight excluding hydrogens is 254 g/mol. The van der Waals surface area contributed by atoms with Crippen LogP contribution in [-0.2, 0) is 16.0 Å². The molecule has 1 aromatic heterocycles. The van der Waals surface area contributed by atoms with Crippen molar-refractivity contribution in [1.82, 2.24) is 15.0 Å². The summed E-state index contributed by atoms with van der Waals surface area (Å²) in [6.45, 7) is 1.86. The molecule has 3 rings (SSSR count). The summed E-state index contributed by atoms with van der Waals surface area (Å²) in [4.78, 5) is 0. The van der Waals surface area contributed by atoms with Gasteiger partial charge in [-0.2, -0.15) is 0 Å². The first kappa shape index (κ1) is 11.6. The summed E-state index contributed by atoms with van der Waals surface area (Å²) in [5, 5.41) is 8.83.